The molecule has 0 radical (unpaired) electrons. The number of hydrogen-bond donors (Lipinski definition) is 1. The summed E-state index contributed by atoms with van der Waals surface area (Å²) in [5.41, 5.74) is 0.393. The Balaban J connectivity index is 1.51. The summed E-state index contributed by atoms with van der Waals surface area (Å²) in [6, 6.07) is 3.13. The predicted molar refractivity (Wildman–Crippen MR) is 85.0 cm³/mol. The number of halogens is 1. The van der Waals surface area contributed by atoms with Gasteiger partial charge in [-0.25, -0.2) is 0 Å². The Morgan fingerprint density at radius 2 is 1.96 bits per heavy atom. The molecule has 2 heterocycles. The van der Waals surface area contributed by atoms with E-state index in [1.807, 2.05) is 4.90 Å². The normalized spacial score (nSPS) is 16.3. The van der Waals surface area contributed by atoms with Gasteiger partial charge in [-0.15, -0.1) is 0 Å². The number of nitrogens with one attached hydrogen (secondary N) is 1. The summed E-state index contributed by atoms with van der Waals surface area (Å²) >= 11 is 6.06. The van der Waals surface area contributed by atoms with E-state index in [9.17, 15) is 9.59 Å². The van der Waals surface area contributed by atoms with Crippen molar-refractivity contribution in [3.05, 3.63) is 22.7 Å². The van der Waals surface area contributed by atoms with E-state index in [4.69, 9.17) is 21.1 Å². The number of carbonyl (C=O) groups is 2. The molecule has 1 N–H and O–H groups in total. The monoisotopic (exact) mass is 338 g/mol. The summed E-state index contributed by atoms with van der Waals surface area (Å²) in [6.45, 7) is 2.06. The van der Waals surface area contributed by atoms with Crippen molar-refractivity contribution in [2.24, 2.45) is 0 Å². The van der Waals surface area contributed by atoms with Gasteiger partial charge in [-0.1, -0.05) is 11.6 Å². The third-order valence-electron chi connectivity index (χ3n) is 4.02. The zero-order valence-electron chi connectivity index (χ0n) is 12.8. The van der Waals surface area contributed by atoms with Crippen molar-refractivity contribution >= 4 is 23.4 Å². The van der Waals surface area contributed by atoms with E-state index in [-0.39, 0.29) is 18.6 Å². The van der Waals surface area contributed by atoms with Crippen molar-refractivity contribution < 1.29 is 19.1 Å². The van der Waals surface area contributed by atoms with Crippen molar-refractivity contribution in [1.82, 2.24) is 10.2 Å². The van der Waals surface area contributed by atoms with E-state index in [1.165, 1.54) is 12.5 Å². The van der Waals surface area contributed by atoms with Crippen LogP contribution in [0.1, 0.15) is 36.0 Å². The Labute approximate surface area is 139 Å². The van der Waals surface area contributed by atoms with E-state index in [0.717, 1.165) is 25.9 Å². The lowest BCUT2D eigenvalue weighted by Gasteiger charge is -2.26. The van der Waals surface area contributed by atoms with Crippen molar-refractivity contribution in [3.63, 3.8) is 0 Å². The highest BCUT2D eigenvalue weighted by molar-refractivity contribution is 6.32. The van der Waals surface area contributed by atoms with Crippen LogP contribution in [-0.4, -0.2) is 43.1 Å². The van der Waals surface area contributed by atoms with Crippen LogP contribution in [0.15, 0.2) is 12.1 Å². The molecule has 3 rings (SSSR count). The van der Waals surface area contributed by atoms with Crippen LogP contribution in [0, 0.1) is 0 Å². The lowest BCUT2D eigenvalue weighted by Crippen LogP contribution is -2.37. The molecule has 0 atom stereocenters. The highest BCUT2D eigenvalue weighted by Gasteiger charge is 2.21. The molecular formula is C16H19ClN2O4. The molecule has 1 fully saturated rings. The van der Waals surface area contributed by atoms with Gasteiger partial charge in [0.05, 0.1) is 5.02 Å². The van der Waals surface area contributed by atoms with E-state index < -0.39 is 0 Å². The summed E-state index contributed by atoms with van der Waals surface area (Å²) in [6.07, 6.45) is 3.62. The number of hydrogen-bond acceptors (Lipinski definition) is 4. The molecule has 2 aliphatic heterocycles. The molecule has 1 aromatic rings. The number of rotatable bonds is 4. The molecular weight excluding hydrogens is 320 g/mol. The van der Waals surface area contributed by atoms with Gasteiger partial charge in [-0.2, -0.15) is 0 Å². The summed E-state index contributed by atoms with van der Waals surface area (Å²) in [4.78, 5) is 26.1. The van der Waals surface area contributed by atoms with Crippen LogP contribution >= 0.6 is 11.6 Å². The van der Waals surface area contributed by atoms with Gasteiger partial charge in [0.1, 0.15) is 0 Å². The van der Waals surface area contributed by atoms with E-state index in [2.05, 4.69) is 5.32 Å². The van der Waals surface area contributed by atoms with Gasteiger partial charge in [0, 0.05) is 31.6 Å². The molecule has 0 saturated carbocycles. The molecule has 6 nitrogen and oxygen atoms in total. The second kappa shape index (κ2) is 7.08. The fraction of sp³-hybridized carbons (Fsp3) is 0.500. The minimum absolute atomic E-state index is 0.0914. The topological polar surface area (TPSA) is 67.9 Å². The fourth-order valence-corrected chi connectivity index (χ4v) is 3.05. The number of benzene rings is 1. The Hall–Kier alpha value is -1.95. The second-order valence-corrected chi connectivity index (χ2v) is 6.05. The average molecular weight is 339 g/mol. The maximum atomic E-state index is 12.2. The van der Waals surface area contributed by atoms with Crippen LogP contribution in [0.3, 0.4) is 0 Å². The third-order valence-corrected chi connectivity index (χ3v) is 4.30. The average Bonchev–Trinajstić information content (AvgIpc) is 3.04. The maximum absolute atomic E-state index is 12.2. The smallest absolute Gasteiger partial charge is 0.251 e. The van der Waals surface area contributed by atoms with Gasteiger partial charge in [-0.3, -0.25) is 9.59 Å². The number of fused-ring (bicyclic) bond motifs is 1. The number of carbonyl (C=O) groups excluding carboxylic acids is 2. The Kier molecular flexibility index (Phi) is 4.91. The first-order valence-electron chi connectivity index (χ1n) is 7.80. The van der Waals surface area contributed by atoms with Crippen LogP contribution in [0.2, 0.25) is 5.02 Å². The molecule has 0 unspecified atom stereocenters. The lowest BCUT2D eigenvalue weighted by atomic mass is 10.1. The fourth-order valence-electron chi connectivity index (χ4n) is 2.78. The van der Waals surface area contributed by atoms with Crippen molar-refractivity contribution in [3.8, 4) is 11.5 Å². The van der Waals surface area contributed by atoms with Crippen LogP contribution in [0.25, 0.3) is 0 Å². The van der Waals surface area contributed by atoms with Gasteiger partial charge in [0.15, 0.2) is 11.5 Å². The first-order valence-corrected chi connectivity index (χ1v) is 8.18. The minimum atomic E-state index is -0.281. The van der Waals surface area contributed by atoms with Crippen LogP contribution in [0.5, 0.6) is 11.5 Å². The van der Waals surface area contributed by atoms with E-state index in [1.54, 1.807) is 6.07 Å². The molecule has 2 amide bonds. The SMILES string of the molecule is O=C(NCCC(=O)N1CCCCC1)c1cc(Cl)c2c(c1)OCO2. The molecule has 0 aliphatic carbocycles. The van der Waals surface area contributed by atoms with Gasteiger partial charge in [0.25, 0.3) is 5.91 Å². The van der Waals surface area contributed by atoms with Gasteiger partial charge in [0.2, 0.25) is 12.7 Å². The van der Waals surface area contributed by atoms with Crippen molar-refractivity contribution in [1.29, 1.82) is 0 Å². The summed E-state index contributed by atoms with van der Waals surface area (Å²) < 4.78 is 10.5. The molecule has 1 aromatic carbocycles. The number of ether oxygens (including phenoxy) is 2. The molecule has 1 saturated heterocycles. The Bertz CT molecular complexity index is 614. The highest BCUT2D eigenvalue weighted by Crippen LogP contribution is 2.39. The summed E-state index contributed by atoms with van der Waals surface area (Å²) in [5, 5.41) is 3.09. The second-order valence-electron chi connectivity index (χ2n) is 5.64. The first-order chi connectivity index (χ1) is 11.1. The van der Waals surface area contributed by atoms with E-state index in [0.29, 0.717) is 35.1 Å². The molecule has 7 heteroatoms. The van der Waals surface area contributed by atoms with E-state index >= 15 is 0 Å². The predicted octanol–water partition coefficient (Wildman–Crippen LogP) is 2.20. The molecule has 2 aliphatic rings. The van der Waals surface area contributed by atoms with Crippen LogP contribution in [-0.2, 0) is 4.79 Å². The zero-order chi connectivity index (χ0) is 16.2. The Morgan fingerprint density at radius 3 is 2.74 bits per heavy atom. The van der Waals surface area contributed by atoms with Gasteiger partial charge < -0.3 is 19.7 Å². The minimum Gasteiger partial charge on any atom is -0.454 e. The lowest BCUT2D eigenvalue weighted by molar-refractivity contribution is -0.131. The number of amides is 2. The highest BCUT2D eigenvalue weighted by atomic mass is 35.5. The summed E-state index contributed by atoms with van der Waals surface area (Å²) in [5.74, 6) is 0.737. The third kappa shape index (κ3) is 3.69. The number of piperidine rings is 1. The standard InChI is InChI=1S/C16H19ClN2O4/c17-12-8-11(9-13-15(12)23-10-22-13)16(21)18-5-4-14(20)19-6-2-1-3-7-19/h8-9H,1-7,10H2,(H,18,21). The Morgan fingerprint density at radius 1 is 1.17 bits per heavy atom. The molecule has 0 aromatic heterocycles. The zero-order valence-corrected chi connectivity index (χ0v) is 13.5. The van der Waals surface area contributed by atoms with Crippen molar-refractivity contribution in [2.45, 2.75) is 25.7 Å². The molecule has 0 spiro atoms. The quantitative estimate of drug-likeness (QED) is 0.914. The number of likely N-dealkylation sites (tertiary alicyclic amines) is 1. The van der Waals surface area contributed by atoms with Crippen LogP contribution < -0.4 is 14.8 Å². The summed E-state index contributed by atoms with van der Waals surface area (Å²) in [7, 11) is 0. The first kappa shape index (κ1) is 15.9. The van der Waals surface area contributed by atoms with Crippen molar-refractivity contribution in [2.75, 3.05) is 26.4 Å². The molecule has 124 valence electrons. The number of nitrogens with zero attached hydrogens (tertiary/aromatic N) is 1. The molecule has 0 bridgehead atoms. The largest absolute Gasteiger partial charge is 0.454 e. The molecule has 23 heavy (non-hydrogen) atoms. The van der Waals surface area contributed by atoms with Gasteiger partial charge in [-0.05, 0) is 31.4 Å². The van der Waals surface area contributed by atoms with Crippen LogP contribution in [0.4, 0.5) is 0 Å². The van der Waals surface area contributed by atoms with Gasteiger partial charge >= 0.3 is 0 Å². The maximum Gasteiger partial charge on any atom is 0.251 e.